The lowest BCUT2D eigenvalue weighted by Crippen LogP contribution is -2.32. The highest BCUT2D eigenvalue weighted by molar-refractivity contribution is 14.1. The van der Waals surface area contributed by atoms with E-state index in [4.69, 9.17) is 4.84 Å². The van der Waals surface area contributed by atoms with Gasteiger partial charge in [0, 0.05) is 27.1 Å². The van der Waals surface area contributed by atoms with Crippen molar-refractivity contribution in [1.29, 1.82) is 0 Å². The summed E-state index contributed by atoms with van der Waals surface area (Å²) in [6, 6.07) is 1.95. The average Bonchev–Trinajstić information content (AvgIpc) is 2.68. The van der Waals surface area contributed by atoms with Crippen LogP contribution >= 0.6 is 90.4 Å². The molecular formula is C11H5I4NO4. The molecule has 9 heteroatoms. The third-order valence-electron chi connectivity index (χ3n) is 2.50. The monoisotopic (exact) mass is 723 g/mol. The Morgan fingerprint density at radius 1 is 1.00 bits per heavy atom. The second-order valence-electron chi connectivity index (χ2n) is 3.80. The number of hydrogen-bond donors (Lipinski definition) is 0. The van der Waals surface area contributed by atoms with Gasteiger partial charge in [0.15, 0.2) is 0 Å². The third kappa shape index (κ3) is 3.39. The van der Waals surface area contributed by atoms with Crippen LogP contribution in [-0.2, 0) is 14.4 Å². The van der Waals surface area contributed by atoms with Crippen molar-refractivity contribution < 1.29 is 19.2 Å². The number of halogens is 4. The maximum Gasteiger partial charge on any atom is 0.366 e. The Kier molecular flexibility index (Phi) is 5.89. The van der Waals surface area contributed by atoms with Gasteiger partial charge in [-0.3, -0.25) is 9.59 Å². The first kappa shape index (κ1) is 17.1. The van der Waals surface area contributed by atoms with Gasteiger partial charge in [0.2, 0.25) is 0 Å². The van der Waals surface area contributed by atoms with Gasteiger partial charge in [0.05, 0.1) is 5.56 Å². The van der Waals surface area contributed by atoms with E-state index in [-0.39, 0.29) is 12.8 Å². The molecule has 5 nitrogen and oxygen atoms in total. The maximum atomic E-state index is 12.3. The number of hydrogen-bond acceptors (Lipinski definition) is 4. The zero-order valence-electron chi connectivity index (χ0n) is 9.58. The van der Waals surface area contributed by atoms with E-state index in [1.165, 1.54) is 0 Å². The molecule has 0 radical (unpaired) electrons. The number of hydroxylamine groups is 2. The van der Waals surface area contributed by atoms with Crippen LogP contribution < -0.4 is 0 Å². The highest BCUT2D eigenvalue weighted by Gasteiger charge is 2.34. The molecular weight excluding hydrogens is 718 g/mol. The van der Waals surface area contributed by atoms with Crippen molar-refractivity contribution in [3.63, 3.8) is 0 Å². The normalized spacial score (nSPS) is 14.9. The lowest BCUT2D eigenvalue weighted by molar-refractivity contribution is -0.172. The van der Waals surface area contributed by atoms with Crippen molar-refractivity contribution >= 4 is 108 Å². The van der Waals surface area contributed by atoms with Gasteiger partial charge in [-0.2, -0.15) is 0 Å². The molecule has 0 atom stereocenters. The third-order valence-corrected chi connectivity index (χ3v) is 8.50. The number of carbonyl (C=O) groups excluding carboxylic acids is 3. The van der Waals surface area contributed by atoms with Gasteiger partial charge < -0.3 is 4.84 Å². The molecule has 2 amide bonds. The van der Waals surface area contributed by atoms with Gasteiger partial charge in [-0.1, -0.05) is 0 Å². The molecule has 1 saturated heterocycles. The average molecular weight is 723 g/mol. The van der Waals surface area contributed by atoms with Crippen molar-refractivity contribution in [3.8, 4) is 0 Å². The Hall–Kier alpha value is 0.750. The minimum absolute atomic E-state index is 0.0875. The lowest BCUT2D eigenvalue weighted by atomic mass is 10.2. The fraction of sp³-hybridized carbons (Fsp3) is 0.182. The van der Waals surface area contributed by atoms with E-state index < -0.39 is 17.8 Å². The molecule has 1 heterocycles. The first-order chi connectivity index (χ1) is 9.32. The topological polar surface area (TPSA) is 63.7 Å². The first-order valence-corrected chi connectivity index (χ1v) is 9.55. The second-order valence-corrected chi connectivity index (χ2v) is 8.29. The molecule has 106 valence electrons. The largest absolute Gasteiger partial charge is 0.366 e. The number of imide groups is 1. The predicted molar refractivity (Wildman–Crippen MR) is 104 cm³/mol. The minimum Gasteiger partial charge on any atom is -0.325 e. The van der Waals surface area contributed by atoms with Crippen LogP contribution in [0, 0.1) is 14.3 Å². The summed E-state index contributed by atoms with van der Waals surface area (Å²) in [7, 11) is 0. The Balaban J connectivity index is 2.35. The zero-order valence-corrected chi connectivity index (χ0v) is 18.2. The van der Waals surface area contributed by atoms with Crippen LogP contribution in [0.15, 0.2) is 6.07 Å². The van der Waals surface area contributed by atoms with Crippen LogP contribution in [0.25, 0.3) is 0 Å². The molecule has 20 heavy (non-hydrogen) atoms. The molecule has 1 fully saturated rings. The predicted octanol–water partition coefficient (Wildman–Crippen LogP) is 3.33. The number of nitrogens with zero attached hydrogens (tertiary/aromatic N) is 1. The Morgan fingerprint density at radius 2 is 1.45 bits per heavy atom. The van der Waals surface area contributed by atoms with E-state index in [9.17, 15) is 14.4 Å². The molecule has 0 aliphatic carbocycles. The highest BCUT2D eigenvalue weighted by Crippen LogP contribution is 2.29. The van der Waals surface area contributed by atoms with Gasteiger partial charge in [-0.25, -0.2) is 4.79 Å². The van der Waals surface area contributed by atoms with Crippen molar-refractivity contribution in [2.45, 2.75) is 12.8 Å². The SMILES string of the molecule is O=C(ON1C(=O)CCC1=O)c1c(I)c(I)cc(I)c1I. The summed E-state index contributed by atoms with van der Waals surface area (Å²) in [6.07, 6.45) is 0.175. The molecule has 0 spiro atoms. The molecule has 0 saturated carbocycles. The standard InChI is InChI=1S/C11H5I4NO4/c12-4-3-5(13)10(15)8(9(4)14)11(19)20-16-6(17)1-2-7(16)18/h3H,1-2H2. The van der Waals surface area contributed by atoms with Crippen LogP contribution in [0.2, 0.25) is 0 Å². The van der Waals surface area contributed by atoms with Crippen LogP contribution in [0.5, 0.6) is 0 Å². The van der Waals surface area contributed by atoms with Crippen LogP contribution in [-0.4, -0.2) is 22.8 Å². The van der Waals surface area contributed by atoms with E-state index >= 15 is 0 Å². The lowest BCUT2D eigenvalue weighted by Gasteiger charge is -2.15. The number of rotatable bonds is 2. The highest BCUT2D eigenvalue weighted by atomic mass is 127. The Bertz CT molecular complexity index is 589. The summed E-state index contributed by atoms with van der Waals surface area (Å²) in [5.41, 5.74) is 0.384. The van der Waals surface area contributed by atoms with Crippen molar-refractivity contribution in [2.24, 2.45) is 0 Å². The molecule has 0 N–H and O–H groups in total. The van der Waals surface area contributed by atoms with Gasteiger partial charge in [0.25, 0.3) is 11.8 Å². The zero-order chi connectivity index (χ0) is 15.0. The van der Waals surface area contributed by atoms with E-state index in [2.05, 4.69) is 90.4 Å². The summed E-state index contributed by atoms with van der Waals surface area (Å²) in [6.45, 7) is 0. The van der Waals surface area contributed by atoms with E-state index in [1.54, 1.807) is 0 Å². The Morgan fingerprint density at radius 3 is 1.90 bits per heavy atom. The van der Waals surface area contributed by atoms with E-state index in [1.807, 2.05) is 6.07 Å². The summed E-state index contributed by atoms with van der Waals surface area (Å²) in [5, 5.41) is 0.571. The van der Waals surface area contributed by atoms with Gasteiger partial charge in [-0.05, 0) is 96.4 Å². The summed E-state index contributed by atoms with van der Waals surface area (Å²) < 4.78 is 3.33. The fourth-order valence-corrected chi connectivity index (χ4v) is 5.10. The minimum atomic E-state index is -0.682. The van der Waals surface area contributed by atoms with E-state index in [0.717, 1.165) is 14.3 Å². The summed E-state index contributed by atoms with van der Waals surface area (Å²) in [5.74, 6) is -1.64. The van der Waals surface area contributed by atoms with Crippen molar-refractivity contribution in [2.75, 3.05) is 0 Å². The van der Waals surface area contributed by atoms with Crippen LogP contribution in [0.1, 0.15) is 23.2 Å². The number of benzene rings is 1. The molecule has 0 bridgehead atoms. The number of carbonyl (C=O) groups is 3. The van der Waals surface area contributed by atoms with Gasteiger partial charge in [-0.15, -0.1) is 5.06 Å². The van der Waals surface area contributed by atoms with Gasteiger partial charge >= 0.3 is 5.97 Å². The number of amides is 2. The van der Waals surface area contributed by atoms with Crippen LogP contribution in [0.3, 0.4) is 0 Å². The van der Waals surface area contributed by atoms with E-state index in [0.29, 0.717) is 10.6 Å². The molecule has 1 aromatic carbocycles. The quantitative estimate of drug-likeness (QED) is 0.267. The molecule has 1 aromatic rings. The molecule has 0 unspecified atom stereocenters. The fourth-order valence-electron chi connectivity index (χ4n) is 1.54. The second kappa shape index (κ2) is 6.89. The summed E-state index contributed by atoms with van der Waals surface area (Å²) in [4.78, 5) is 40.2. The summed E-state index contributed by atoms with van der Waals surface area (Å²) >= 11 is 8.36. The van der Waals surface area contributed by atoms with Gasteiger partial charge in [0.1, 0.15) is 0 Å². The molecule has 1 aliphatic rings. The Labute approximate surface area is 169 Å². The van der Waals surface area contributed by atoms with Crippen molar-refractivity contribution in [1.82, 2.24) is 5.06 Å². The first-order valence-electron chi connectivity index (χ1n) is 5.24. The molecule has 1 aliphatic heterocycles. The maximum absolute atomic E-state index is 12.3. The van der Waals surface area contributed by atoms with Crippen LogP contribution in [0.4, 0.5) is 0 Å². The molecule has 0 aromatic heterocycles. The smallest absolute Gasteiger partial charge is 0.325 e. The molecule has 2 rings (SSSR count). The van der Waals surface area contributed by atoms with Crippen molar-refractivity contribution in [3.05, 3.63) is 25.9 Å².